The molecule has 0 aliphatic heterocycles. The lowest BCUT2D eigenvalue weighted by Crippen LogP contribution is -1.98. The first-order valence-corrected chi connectivity index (χ1v) is 10.7. The monoisotopic (exact) mass is 358 g/mol. The largest absolute Gasteiger partial charge is 0.434 e. The van der Waals surface area contributed by atoms with Crippen molar-refractivity contribution in [3.05, 3.63) is 42.2 Å². The van der Waals surface area contributed by atoms with Crippen molar-refractivity contribution in [2.24, 2.45) is 0 Å². The molecule has 0 aromatic heterocycles. The molecule has 0 heterocycles. The van der Waals surface area contributed by atoms with Crippen LogP contribution in [0.3, 0.4) is 0 Å². The molecule has 26 heavy (non-hydrogen) atoms. The van der Waals surface area contributed by atoms with Gasteiger partial charge in [0.15, 0.2) is 0 Å². The summed E-state index contributed by atoms with van der Waals surface area (Å²) in [6, 6.07) is 9.87. The maximum absolute atomic E-state index is 11.7. The zero-order valence-electron chi connectivity index (χ0n) is 16.8. The summed E-state index contributed by atoms with van der Waals surface area (Å²) in [5, 5.41) is 0. The highest BCUT2D eigenvalue weighted by Crippen LogP contribution is 2.13. The summed E-state index contributed by atoms with van der Waals surface area (Å²) in [7, 11) is 0. The molecule has 0 unspecified atom stereocenters. The zero-order chi connectivity index (χ0) is 18.7. The lowest BCUT2D eigenvalue weighted by Gasteiger charge is -2.03. The predicted octanol–water partition coefficient (Wildman–Crippen LogP) is 7.68. The minimum Gasteiger partial charge on any atom is -0.434 e. The van der Waals surface area contributed by atoms with Crippen LogP contribution in [-0.2, 0) is 9.53 Å². The van der Waals surface area contributed by atoms with Gasteiger partial charge in [0.2, 0.25) is 0 Å². The van der Waals surface area contributed by atoms with Crippen LogP contribution in [0.15, 0.2) is 36.6 Å². The van der Waals surface area contributed by atoms with E-state index in [1.54, 1.807) is 0 Å². The van der Waals surface area contributed by atoms with E-state index in [0.717, 1.165) is 18.4 Å². The standard InChI is InChI=1S/C24H38O2/c1-2-3-4-5-6-7-8-9-10-11-12-13-17-20-24(25)26-22-21-23-18-15-14-16-19-23/h14-16,18-19,21-22H,2-13,17,20H2,1H3/b22-21+. The van der Waals surface area contributed by atoms with Crippen molar-refractivity contribution in [3.8, 4) is 0 Å². The normalized spacial score (nSPS) is 11.1. The molecule has 0 bridgehead atoms. The van der Waals surface area contributed by atoms with Crippen molar-refractivity contribution in [1.82, 2.24) is 0 Å². The van der Waals surface area contributed by atoms with Crippen LogP contribution in [0, 0.1) is 0 Å². The van der Waals surface area contributed by atoms with Crippen LogP contribution in [0.2, 0.25) is 0 Å². The summed E-state index contributed by atoms with van der Waals surface area (Å²) in [5.41, 5.74) is 1.04. The third-order valence-electron chi connectivity index (χ3n) is 4.74. The summed E-state index contributed by atoms with van der Waals surface area (Å²) in [5.74, 6) is -0.125. The summed E-state index contributed by atoms with van der Waals surface area (Å²) < 4.78 is 5.13. The van der Waals surface area contributed by atoms with Gasteiger partial charge in [-0.2, -0.15) is 0 Å². The first kappa shape index (κ1) is 22.5. The van der Waals surface area contributed by atoms with Gasteiger partial charge in [-0.05, 0) is 18.1 Å². The average Bonchev–Trinajstić information content (AvgIpc) is 2.66. The van der Waals surface area contributed by atoms with E-state index in [2.05, 4.69) is 6.92 Å². The van der Waals surface area contributed by atoms with Gasteiger partial charge in [-0.1, -0.05) is 114 Å². The molecule has 0 saturated carbocycles. The molecule has 1 aromatic rings. The van der Waals surface area contributed by atoms with E-state index >= 15 is 0 Å². The fourth-order valence-corrected chi connectivity index (χ4v) is 3.10. The van der Waals surface area contributed by atoms with Crippen LogP contribution in [0.25, 0.3) is 6.08 Å². The van der Waals surface area contributed by atoms with Crippen molar-refractivity contribution in [2.45, 2.75) is 96.8 Å². The van der Waals surface area contributed by atoms with Gasteiger partial charge in [-0.3, -0.25) is 4.79 Å². The molecule has 146 valence electrons. The van der Waals surface area contributed by atoms with Crippen LogP contribution < -0.4 is 0 Å². The Morgan fingerprint density at radius 2 is 1.27 bits per heavy atom. The van der Waals surface area contributed by atoms with Crippen molar-refractivity contribution in [2.75, 3.05) is 0 Å². The van der Waals surface area contributed by atoms with Crippen LogP contribution in [-0.4, -0.2) is 5.97 Å². The van der Waals surface area contributed by atoms with Crippen molar-refractivity contribution >= 4 is 12.0 Å². The highest BCUT2D eigenvalue weighted by Gasteiger charge is 2.00. The molecule has 0 N–H and O–H groups in total. The quantitative estimate of drug-likeness (QED) is 0.172. The first-order valence-electron chi connectivity index (χ1n) is 10.7. The first-order chi connectivity index (χ1) is 12.8. The van der Waals surface area contributed by atoms with E-state index in [1.807, 2.05) is 36.4 Å². The number of hydrogen-bond acceptors (Lipinski definition) is 2. The summed E-state index contributed by atoms with van der Waals surface area (Å²) in [6.45, 7) is 2.27. The van der Waals surface area contributed by atoms with Gasteiger partial charge >= 0.3 is 5.97 Å². The molecule has 0 fully saturated rings. The van der Waals surface area contributed by atoms with Crippen molar-refractivity contribution < 1.29 is 9.53 Å². The smallest absolute Gasteiger partial charge is 0.310 e. The van der Waals surface area contributed by atoms with Crippen LogP contribution in [0.5, 0.6) is 0 Å². The van der Waals surface area contributed by atoms with E-state index in [4.69, 9.17) is 4.74 Å². The number of benzene rings is 1. The highest BCUT2D eigenvalue weighted by molar-refractivity contribution is 5.70. The number of unbranched alkanes of at least 4 members (excludes halogenated alkanes) is 12. The second kappa shape index (κ2) is 16.9. The molecular weight excluding hydrogens is 320 g/mol. The maximum Gasteiger partial charge on any atom is 0.310 e. The van der Waals surface area contributed by atoms with Gasteiger partial charge in [0.05, 0.1) is 6.26 Å². The molecule has 0 aliphatic carbocycles. The summed E-state index contributed by atoms with van der Waals surface area (Å²) in [4.78, 5) is 11.7. The van der Waals surface area contributed by atoms with E-state index in [0.29, 0.717) is 6.42 Å². The van der Waals surface area contributed by atoms with Crippen LogP contribution in [0.4, 0.5) is 0 Å². The van der Waals surface area contributed by atoms with Gasteiger partial charge in [-0.15, -0.1) is 0 Å². The van der Waals surface area contributed by atoms with E-state index in [-0.39, 0.29) is 5.97 Å². The highest BCUT2D eigenvalue weighted by atomic mass is 16.5. The molecule has 0 amide bonds. The minimum absolute atomic E-state index is 0.125. The fraction of sp³-hybridized carbons (Fsp3) is 0.625. The van der Waals surface area contributed by atoms with Crippen molar-refractivity contribution in [1.29, 1.82) is 0 Å². The van der Waals surface area contributed by atoms with E-state index < -0.39 is 0 Å². The zero-order valence-corrected chi connectivity index (χ0v) is 16.8. The third kappa shape index (κ3) is 13.7. The fourth-order valence-electron chi connectivity index (χ4n) is 3.10. The lowest BCUT2D eigenvalue weighted by atomic mass is 10.0. The second-order valence-electron chi connectivity index (χ2n) is 7.20. The van der Waals surface area contributed by atoms with Crippen LogP contribution in [0.1, 0.15) is 102 Å². The number of carbonyl (C=O) groups excluding carboxylic acids is 1. The molecule has 0 radical (unpaired) electrons. The summed E-state index contributed by atoms with van der Waals surface area (Å²) >= 11 is 0. The minimum atomic E-state index is -0.125. The Hall–Kier alpha value is -1.57. The number of ether oxygens (including phenoxy) is 1. The number of rotatable bonds is 16. The van der Waals surface area contributed by atoms with Gasteiger partial charge in [-0.25, -0.2) is 0 Å². The molecule has 2 heteroatoms. The predicted molar refractivity (Wildman–Crippen MR) is 112 cm³/mol. The molecule has 1 rings (SSSR count). The maximum atomic E-state index is 11.7. The Labute approximate surface area is 161 Å². The number of esters is 1. The van der Waals surface area contributed by atoms with E-state index in [9.17, 15) is 4.79 Å². The van der Waals surface area contributed by atoms with Gasteiger partial charge in [0, 0.05) is 6.42 Å². The Kier molecular flexibility index (Phi) is 14.6. The summed E-state index contributed by atoms with van der Waals surface area (Å²) in [6.07, 6.45) is 21.0. The molecule has 0 saturated heterocycles. The van der Waals surface area contributed by atoms with Gasteiger partial charge < -0.3 is 4.74 Å². The average molecular weight is 359 g/mol. The van der Waals surface area contributed by atoms with Gasteiger partial charge in [0.25, 0.3) is 0 Å². The molecule has 0 aliphatic rings. The molecule has 1 aromatic carbocycles. The molecule has 0 atom stereocenters. The second-order valence-corrected chi connectivity index (χ2v) is 7.20. The molecule has 0 spiro atoms. The Morgan fingerprint density at radius 1 is 0.769 bits per heavy atom. The number of carbonyl (C=O) groups is 1. The topological polar surface area (TPSA) is 26.3 Å². The SMILES string of the molecule is CCCCCCCCCCCCCCCC(=O)O/C=C/c1ccccc1. The van der Waals surface area contributed by atoms with Crippen LogP contribution >= 0.6 is 0 Å². The third-order valence-corrected chi connectivity index (χ3v) is 4.74. The lowest BCUT2D eigenvalue weighted by molar-refractivity contribution is -0.138. The van der Waals surface area contributed by atoms with Crippen molar-refractivity contribution in [3.63, 3.8) is 0 Å². The Balaban J connectivity index is 1.84. The Bertz CT molecular complexity index is 464. The van der Waals surface area contributed by atoms with E-state index in [1.165, 1.54) is 76.9 Å². The molecular formula is C24H38O2. The number of hydrogen-bond donors (Lipinski definition) is 0. The van der Waals surface area contributed by atoms with Gasteiger partial charge in [0.1, 0.15) is 0 Å². The molecule has 2 nitrogen and oxygen atoms in total. The Morgan fingerprint density at radius 3 is 1.81 bits per heavy atom.